The third kappa shape index (κ3) is 3.24. The lowest BCUT2D eigenvalue weighted by Crippen LogP contribution is -2.55. The molecule has 3 nitrogen and oxygen atoms in total. The van der Waals surface area contributed by atoms with Crippen molar-refractivity contribution in [1.29, 1.82) is 0 Å². The van der Waals surface area contributed by atoms with Gasteiger partial charge in [0, 0.05) is 37.9 Å². The number of hydrogen-bond acceptors (Lipinski definition) is 3. The molecule has 116 valence electrons. The number of benzene rings is 1. The summed E-state index contributed by atoms with van der Waals surface area (Å²) in [6.45, 7) is 11.2. The van der Waals surface area contributed by atoms with Gasteiger partial charge >= 0.3 is 0 Å². The summed E-state index contributed by atoms with van der Waals surface area (Å²) < 4.78 is 0. The molecule has 2 aliphatic rings. The quantitative estimate of drug-likeness (QED) is 0.906. The first-order chi connectivity index (χ1) is 9.93. The third-order valence-corrected chi connectivity index (χ3v) is 5.02. The van der Waals surface area contributed by atoms with Crippen molar-refractivity contribution in [2.75, 3.05) is 31.1 Å². The molecular weight excluding hydrogens is 260 g/mol. The van der Waals surface area contributed by atoms with Gasteiger partial charge in [0.1, 0.15) is 0 Å². The van der Waals surface area contributed by atoms with Gasteiger partial charge in [-0.3, -0.25) is 4.90 Å². The van der Waals surface area contributed by atoms with Crippen LogP contribution in [0.15, 0.2) is 24.3 Å². The second-order valence-corrected chi connectivity index (χ2v) is 7.60. The Balaban J connectivity index is 1.57. The molecule has 0 atom stereocenters. The average molecular weight is 288 g/mol. The zero-order valence-electron chi connectivity index (χ0n) is 13.5. The first-order valence-electron chi connectivity index (χ1n) is 8.21. The monoisotopic (exact) mass is 288 g/mol. The van der Waals surface area contributed by atoms with Crippen molar-refractivity contribution >= 4 is 5.69 Å². The summed E-state index contributed by atoms with van der Waals surface area (Å²) in [7, 11) is 0. The van der Waals surface area contributed by atoms with Crippen LogP contribution in [0.25, 0.3) is 0 Å². The molecule has 0 amide bonds. The smallest absolute Gasteiger partial charge is 0.0570 e. The minimum absolute atomic E-state index is 0.0435. The summed E-state index contributed by atoms with van der Waals surface area (Å²) in [5.74, 6) is 0. The predicted molar refractivity (Wildman–Crippen MR) is 88.0 cm³/mol. The lowest BCUT2D eigenvalue weighted by atomic mass is 9.87. The molecule has 21 heavy (non-hydrogen) atoms. The van der Waals surface area contributed by atoms with Crippen molar-refractivity contribution in [3.05, 3.63) is 29.8 Å². The van der Waals surface area contributed by atoms with Gasteiger partial charge in [0.25, 0.3) is 0 Å². The van der Waals surface area contributed by atoms with Crippen LogP contribution in [-0.4, -0.2) is 48.3 Å². The lowest BCUT2D eigenvalue weighted by molar-refractivity contribution is -0.000361. The molecule has 1 aromatic rings. The van der Waals surface area contributed by atoms with E-state index in [9.17, 15) is 5.11 Å². The molecular formula is C18H28N2O. The number of piperazine rings is 1. The SMILES string of the molecule is CC(C)(C)c1ccc(N2CCN(C3CC(O)C3)CC2)cc1. The van der Waals surface area contributed by atoms with Crippen LogP contribution in [0.4, 0.5) is 5.69 Å². The Morgan fingerprint density at radius 2 is 1.52 bits per heavy atom. The number of rotatable bonds is 2. The van der Waals surface area contributed by atoms with E-state index in [1.165, 1.54) is 11.3 Å². The van der Waals surface area contributed by atoms with Gasteiger partial charge in [-0.05, 0) is 36.0 Å². The van der Waals surface area contributed by atoms with Gasteiger partial charge < -0.3 is 10.0 Å². The first kappa shape index (κ1) is 14.9. The molecule has 2 fully saturated rings. The van der Waals surface area contributed by atoms with Gasteiger partial charge in [0.15, 0.2) is 0 Å². The molecule has 0 bridgehead atoms. The van der Waals surface area contributed by atoms with Crippen molar-refractivity contribution in [2.45, 2.75) is 51.2 Å². The summed E-state index contributed by atoms with van der Waals surface area (Å²) in [5, 5.41) is 9.43. The van der Waals surface area contributed by atoms with E-state index in [2.05, 4.69) is 54.8 Å². The highest BCUT2D eigenvalue weighted by molar-refractivity contribution is 5.49. The van der Waals surface area contributed by atoms with Crippen LogP contribution < -0.4 is 4.90 Å². The molecule has 0 spiro atoms. The van der Waals surface area contributed by atoms with Gasteiger partial charge in [-0.1, -0.05) is 32.9 Å². The van der Waals surface area contributed by atoms with E-state index in [0.717, 1.165) is 39.0 Å². The van der Waals surface area contributed by atoms with E-state index in [4.69, 9.17) is 0 Å². The van der Waals surface area contributed by atoms with Crippen LogP contribution in [0, 0.1) is 0 Å². The van der Waals surface area contributed by atoms with Crippen LogP contribution in [0.1, 0.15) is 39.2 Å². The number of aliphatic hydroxyl groups excluding tert-OH is 1. The predicted octanol–water partition coefficient (Wildman–Crippen LogP) is 2.63. The van der Waals surface area contributed by atoms with Crippen molar-refractivity contribution < 1.29 is 5.11 Å². The molecule has 1 aromatic carbocycles. The number of nitrogens with zero attached hydrogens (tertiary/aromatic N) is 2. The van der Waals surface area contributed by atoms with Crippen LogP contribution in [0.3, 0.4) is 0 Å². The zero-order valence-corrected chi connectivity index (χ0v) is 13.5. The highest BCUT2D eigenvalue weighted by atomic mass is 16.3. The van der Waals surface area contributed by atoms with Gasteiger partial charge in [-0.15, -0.1) is 0 Å². The molecule has 3 heteroatoms. The van der Waals surface area contributed by atoms with E-state index >= 15 is 0 Å². The average Bonchev–Trinajstić information content (AvgIpc) is 2.43. The number of hydrogen-bond donors (Lipinski definition) is 1. The fourth-order valence-corrected chi connectivity index (χ4v) is 3.37. The summed E-state index contributed by atoms with van der Waals surface area (Å²) in [5.41, 5.74) is 2.96. The van der Waals surface area contributed by atoms with Gasteiger partial charge in [-0.25, -0.2) is 0 Å². The maximum absolute atomic E-state index is 9.43. The number of anilines is 1. The van der Waals surface area contributed by atoms with Crippen molar-refractivity contribution in [2.24, 2.45) is 0 Å². The second kappa shape index (κ2) is 5.62. The van der Waals surface area contributed by atoms with E-state index < -0.39 is 0 Å². The molecule has 0 unspecified atom stereocenters. The van der Waals surface area contributed by atoms with Gasteiger partial charge in [-0.2, -0.15) is 0 Å². The molecule has 0 aromatic heterocycles. The fraction of sp³-hybridized carbons (Fsp3) is 0.667. The third-order valence-electron chi connectivity index (χ3n) is 5.02. The standard InChI is InChI=1S/C18H28N2O/c1-18(2,3)14-4-6-15(7-5-14)19-8-10-20(11-9-19)16-12-17(21)13-16/h4-7,16-17,21H,8-13H2,1-3H3. The topological polar surface area (TPSA) is 26.7 Å². The fourth-order valence-electron chi connectivity index (χ4n) is 3.37. The first-order valence-corrected chi connectivity index (χ1v) is 8.21. The Kier molecular flexibility index (Phi) is 3.98. The van der Waals surface area contributed by atoms with E-state index in [0.29, 0.717) is 6.04 Å². The molecule has 1 heterocycles. The Hall–Kier alpha value is -1.06. The van der Waals surface area contributed by atoms with Crippen molar-refractivity contribution in [1.82, 2.24) is 4.90 Å². The number of aliphatic hydroxyl groups is 1. The Labute approximate surface area is 128 Å². The minimum Gasteiger partial charge on any atom is -0.393 e. The van der Waals surface area contributed by atoms with E-state index in [1.54, 1.807) is 0 Å². The Bertz CT molecular complexity index is 463. The zero-order chi connectivity index (χ0) is 15.0. The molecule has 0 radical (unpaired) electrons. The van der Waals surface area contributed by atoms with Crippen LogP contribution in [0.2, 0.25) is 0 Å². The minimum atomic E-state index is -0.0435. The molecule has 1 N–H and O–H groups in total. The van der Waals surface area contributed by atoms with Crippen LogP contribution in [0.5, 0.6) is 0 Å². The highest BCUT2D eigenvalue weighted by Gasteiger charge is 2.33. The summed E-state index contributed by atoms with van der Waals surface area (Å²) in [6.07, 6.45) is 1.90. The van der Waals surface area contributed by atoms with E-state index in [-0.39, 0.29) is 11.5 Å². The van der Waals surface area contributed by atoms with Crippen LogP contribution >= 0.6 is 0 Å². The van der Waals surface area contributed by atoms with Gasteiger partial charge in [0.05, 0.1) is 6.10 Å². The van der Waals surface area contributed by atoms with Crippen LogP contribution in [-0.2, 0) is 5.41 Å². The molecule has 1 aliphatic carbocycles. The summed E-state index contributed by atoms with van der Waals surface area (Å²) >= 11 is 0. The van der Waals surface area contributed by atoms with Crippen molar-refractivity contribution in [3.63, 3.8) is 0 Å². The Morgan fingerprint density at radius 3 is 2.00 bits per heavy atom. The maximum Gasteiger partial charge on any atom is 0.0570 e. The van der Waals surface area contributed by atoms with Gasteiger partial charge in [0.2, 0.25) is 0 Å². The maximum atomic E-state index is 9.43. The normalized spacial score (nSPS) is 27.5. The Morgan fingerprint density at radius 1 is 0.952 bits per heavy atom. The molecule has 1 saturated heterocycles. The van der Waals surface area contributed by atoms with E-state index in [1.807, 2.05) is 0 Å². The summed E-state index contributed by atoms with van der Waals surface area (Å²) in [4.78, 5) is 5.03. The second-order valence-electron chi connectivity index (χ2n) is 7.60. The molecule has 3 rings (SSSR count). The molecule has 1 aliphatic heterocycles. The lowest BCUT2D eigenvalue weighted by Gasteiger charge is -2.45. The molecule has 1 saturated carbocycles. The van der Waals surface area contributed by atoms with Crippen molar-refractivity contribution in [3.8, 4) is 0 Å². The summed E-state index contributed by atoms with van der Waals surface area (Å²) in [6, 6.07) is 9.70. The highest BCUT2D eigenvalue weighted by Crippen LogP contribution is 2.28. The largest absolute Gasteiger partial charge is 0.393 e.